The lowest BCUT2D eigenvalue weighted by atomic mass is 10.0. The molecule has 0 spiro atoms. The molecule has 164 valence electrons. The lowest BCUT2D eigenvalue weighted by molar-refractivity contribution is 0.0740. The molecule has 0 saturated carbocycles. The molecule has 5 rings (SSSR count). The molecule has 0 radical (unpaired) electrons. The number of pyridine rings is 1. The van der Waals surface area contributed by atoms with Crippen LogP contribution in [-0.2, 0) is 6.54 Å². The minimum Gasteiger partial charge on any atom is -0.354 e. The van der Waals surface area contributed by atoms with Crippen LogP contribution in [0, 0.1) is 5.82 Å². The summed E-state index contributed by atoms with van der Waals surface area (Å²) in [6.45, 7) is 4.29. The monoisotopic (exact) mass is 432 g/mol. The number of carbonyl (C=O) groups excluding carboxylic acids is 1. The first-order valence-corrected chi connectivity index (χ1v) is 11.0. The summed E-state index contributed by atoms with van der Waals surface area (Å²) in [4.78, 5) is 30.3. The van der Waals surface area contributed by atoms with Gasteiger partial charge in [-0.05, 0) is 49.1 Å². The molecule has 7 nitrogen and oxygen atoms in total. The highest BCUT2D eigenvalue weighted by molar-refractivity contribution is 5.99. The van der Waals surface area contributed by atoms with Crippen LogP contribution in [0.2, 0.25) is 0 Å². The summed E-state index contributed by atoms with van der Waals surface area (Å²) in [6.07, 6.45) is 6.99. The molecule has 4 heterocycles. The highest BCUT2D eigenvalue weighted by Crippen LogP contribution is 2.33. The zero-order valence-corrected chi connectivity index (χ0v) is 18.0. The van der Waals surface area contributed by atoms with Gasteiger partial charge in [-0.25, -0.2) is 9.37 Å². The SMILES string of the molecule is CCNc1ncc2c(n1)N1CCCC1CN(Cc1ccc(-c3ccncc3)cc1F)C2=O. The maximum Gasteiger partial charge on any atom is 0.259 e. The first-order valence-electron chi connectivity index (χ1n) is 11.0. The number of amides is 1. The van der Waals surface area contributed by atoms with Crippen LogP contribution >= 0.6 is 0 Å². The third-order valence-corrected chi connectivity index (χ3v) is 6.13. The predicted molar refractivity (Wildman–Crippen MR) is 121 cm³/mol. The Morgan fingerprint density at radius 3 is 2.81 bits per heavy atom. The van der Waals surface area contributed by atoms with Crippen LogP contribution < -0.4 is 10.2 Å². The number of halogens is 1. The van der Waals surface area contributed by atoms with Crippen LogP contribution in [0.5, 0.6) is 0 Å². The summed E-state index contributed by atoms with van der Waals surface area (Å²) in [5.41, 5.74) is 2.66. The van der Waals surface area contributed by atoms with E-state index in [1.807, 2.05) is 25.1 Å². The summed E-state index contributed by atoms with van der Waals surface area (Å²) in [5.74, 6) is 0.726. The Bertz CT molecular complexity index is 1140. The highest BCUT2D eigenvalue weighted by atomic mass is 19.1. The quantitative estimate of drug-likeness (QED) is 0.662. The van der Waals surface area contributed by atoms with E-state index < -0.39 is 0 Å². The van der Waals surface area contributed by atoms with Crippen LogP contribution in [0.3, 0.4) is 0 Å². The lowest BCUT2D eigenvalue weighted by Gasteiger charge is -2.27. The highest BCUT2D eigenvalue weighted by Gasteiger charge is 2.37. The van der Waals surface area contributed by atoms with Gasteiger partial charge in [0, 0.05) is 56.4 Å². The van der Waals surface area contributed by atoms with E-state index in [0.717, 1.165) is 30.5 Å². The molecule has 1 atom stereocenters. The van der Waals surface area contributed by atoms with Gasteiger partial charge in [0.2, 0.25) is 5.95 Å². The third-order valence-electron chi connectivity index (χ3n) is 6.13. The van der Waals surface area contributed by atoms with Crippen molar-refractivity contribution in [3.05, 3.63) is 65.9 Å². The summed E-state index contributed by atoms with van der Waals surface area (Å²) >= 11 is 0. The number of nitrogens with zero attached hydrogens (tertiary/aromatic N) is 5. The fourth-order valence-electron chi connectivity index (χ4n) is 4.54. The number of anilines is 2. The van der Waals surface area contributed by atoms with E-state index in [9.17, 15) is 4.79 Å². The van der Waals surface area contributed by atoms with Crippen molar-refractivity contribution >= 4 is 17.7 Å². The molecule has 1 unspecified atom stereocenters. The summed E-state index contributed by atoms with van der Waals surface area (Å²) in [5, 5.41) is 3.12. The molecular formula is C24H25FN6O. The number of hydrogen-bond acceptors (Lipinski definition) is 6. The molecule has 1 aromatic carbocycles. The van der Waals surface area contributed by atoms with Crippen molar-refractivity contribution < 1.29 is 9.18 Å². The largest absolute Gasteiger partial charge is 0.354 e. The minimum atomic E-state index is -0.321. The second-order valence-corrected chi connectivity index (χ2v) is 8.18. The Balaban J connectivity index is 1.45. The Morgan fingerprint density at radius 1 is 1.19 bits per heavy atom. The second kappa shape index (κ2) is 8.53. The molecule has 2 aromatic heterocycles. The van der Waals surface area contributed by atoms with Gasteiger partial charge in [-0.3, -0.25) is 9.78 Å². The molecular weight excluding hydrogens is 407 g/mol. The van der Waals surface area contributed by atoms with Crippen molar-refractivity contribution in [2.45, 2.75) is 32.4 Å². The molecule has 0 bridgehead atoms. The lowest BCUT2D eigenvalue weighted by Crippen LogP contribution is -2.39. The van der Waals surface area contributed by atoms with Gasteiger partial charge in [-0.15, -0.1) is 0 Å². The predicted octanol–water partition coefficient (Wildman–Crippen LogP) is 3.73. The number of benzene rings is 1. The molecule has 3 aromatic rings. The van der Waals surface area contributed by atoms with Gasteiger partial charge in [-0.1, -0.05) is 12.1 Å². The van der Waals surface area contributed by atoms with Crippen molar-refractivity contribution in [1.82, 2.24) is 19.9 Å². The number of fused-ring (bicyclic) bond motifs is 3. The first-order chi connectivity index (χ1) is 15.6. The fourth-order valence-corrected chi connectivity index (χ4v) is 4.54. The first kappa shape index (κ1) is 20.4. The molecule has 2 aliphatic rings. The van der Waals surface area contributed by atoms with E-state index in [1.54, 1.807) is 29.6 Å². The van der Waals surface area contributed by atoms with Crippen molar-refractivity contribution in [3.63, 3.8) is 0 Å². The number of hydrogen-bond donors (Lipinski definition) is 1. The average molecular weight is 433 g/mol. The van der Waals surface area contributed by atoms with Gasteiger partial charge in [-0.2, -0.15) is 4.98 Å². The zero-order chi connectivity index (χ0) is 22.1. The van der Waals surface area contributed by atoms with E-state index in [0.29, 0.717) is 36.0 Å². The summed E-state index contributed by atoms with van der Waals surface area (Å²) in [7, 11) is 0. The van der Waals surface area contributed by atoms with Crippen molar-refractivity contribution in [3.8, 4) is 11.1 Å². The Hall–Kier alpha value is -3.55. The number of nitrogens with one attached hydrogen (secondary N) is 1. The molecule has 1 N–H and O–H groups in total. The van der Waals surface area contributed by atoms with Crippen molar-refractivity contribution in [2.75, 3.05) is 29.9 Å². The van der Waals surface area contributed by atoms with Gasteiger partial charge < -0.3 is 15.1 Å². The van der Waals surface area contributed by atoms with Gasteiger partial charge in [0.15, 0.2) is 0 Å². The fraction of sp³-hybridized carbons (Fsp3) is 0.333. The molecule has 1 fully saturated rings. The van der Waals surface area contributed by atoms with E-state index in [1.165, 1.54) is 6.07 Å². The Labute approximate surface area is 186 Å². The van der Waals surface area contributed by atoms with Gasteiger partial charge in [0.1, 0.15) is 17.2 Å². The smallest absolute Gasteiger partial charge is 0.259 e. The number of aromatic nitrogens is 3. The zero-order valence-electron chi connectivity index (χ0n) is 18.0. The molecule has 8 heteroatoms. The Morgan fingerprint density at radius 2 is 2.03 bits per heavy atom. The topological polar surface area (TPSA) is 74.2 Å². The number of carbonyl (C=O) groups is 1. The number of rotatable bonds is 5. The van der Waals surface area contributed by atoms with Crippen LogP contribution in [0.15, 0.2) is 48.9 Å². The standard InChI is InChI=1S/C24H25FN6O/c1-2-27-24-28-13-20-22(29-24)31-11-3-4-19(31)15-30(23(20)32)14-18-6-5-17(12-21(18)25)16-7-9-26-10-8-16/h5-10,12-13,19H,2-4,11,14-15H2,1H3,(H,27,28,29). The second-order valence-electron chi connectivity index (χ2n) is 8.18. The van der Waals surface area contributed by atoms with Gasteiger partial charge in [0.25, 0.3) is 5.91 Å². The average Bonchev–Trinajstić information content (AvgIpc) is 3.24. The van der Waals surface area contributed by atoms with Crippen LogP contribution in [0.4, 0.5) is 16.2 Å². The normalized spacial score (nSPS) is 17.7. The molecule has 1 saturated heterocycles. The van der Waals surface area contributed by atoms with Crippen molar-refractivity contribution in [1.29, 1.82) is 0 Å². The molecule has 2 aliphatic heterocycles. The van der Waals surface area contributed by atoms with Crippen LogP contribution in [-0.4, -0.2) is 51.4 Å². The summed E-state index contributed by atoms with van der Waals surface area (Å²) < 4.78 is 15.0. The van der Waals surface area contributed by atoms with E-state index in [4.69, 9.17) is 0 Å². The van der Waals surface area contributed by atoms with Crippen LogP contribution in [0.1, 0.15) is 35.7 Å². The molecule has 0 aliphatic carbocycles. The third kappa shape index (κ3) is 3.77. The van der Waals surface area contributed by atoms with Crippen LogP contribution in [0.25, 0.3) is 11.1 Å². The van der Waals surface area contributed by atoms with Gasteiger partial charge >= 0.3 is 0 Å². The molecule has 1 amide bonds. The van der Waals surface area contributed by atoms with Crippen molar-refractivity contribution in [2.24, 2.45) is 0 Å². The summed E-state index contributed by atoms with van der Waals surface area (Å²) in [6, 6.07) is 9.04. The molecule has 32 heavy (non-hydrogen) atoms. The van der Waals surface area contributed by atoms with Gasteiger partial charge in [0.05, 0.1) is 0 Å². The van der Waals surface area contributed by atoms with E-state index >= 15 is 4.39 Å². The maximum absolute atomic E-state index is 15.0. The maximum atomic E-state index is 15.0. The van der Waals surface area contributed by atoms with E-state index in [-0.39, 0.29) is 24.3 Å². The van der Waals surface area contributed by atoms with E-state index in [2.05, 4.69) is 25.2 Å². The Kier molecular flexibility index (Phi) is 5.43. The minimum absolute atomic E-state index is 0.157.